The van der Waals surface area contributed by atoms with Gasteiger partial charge in [0, 0.05) is 37.4 Å². The monoisotopic (exact) mass is 572 g/mol. The standard InChI is InChI=1S/C32H48N2O7/c1-5-39-16-8-14-34(28(36)19-40-27-17-21(4)11-12-22(27)20(2)3)25-18-24(32(38)33-13-15-35)29-23-9-6-7-10-26(23)41-31(29)30(25)37/h6-7,9-10,18,20-22,25,27,29-31,35,37H,5,8,11-17,19H2,1-4H3,(H,33,38). The maximum atomic E-state index is 13.9. The molecule has 0 aromatic heterocycles. The number of nitrogens with zero attached hydrogens (tertiary/aromatic N) is 1. The van der Waals surface area contributed by atoms with Crippen LogP contribution < -0.4 is 10.1 Å². The lowest BCUT2D eigenvalue weighted by Crippen LogP contribution is -2.56. The smallest absolute Gasteiger partial charge is 0.249 e. The molecule has 9 nitrogen and oxygen atoms in total. The molecule has 9 heteroatoms. The molecule has 2 amide bonds. The summed E-state index contributed by atoms with van der Waals surface area (Å²) in [5.74, 6) is 0.972. The Kier molecular flexibility index (Phi) is 11.2. The van der Waals surface area contributed by atoms with Crippen molar-refractivity contribution in [2.45, 2.75) is 83.6 Å². The normalized spacial score (nSPS) is 28.9. The maximum absolute atomic E-state index is 13.9. The number of carbonyl (C=O) groups is 2. The number of ether oxygens (including phenoxy) is 3. The highest BCUT2D eigenvalue weighted by Gasteiger charge is 2.50. The average molecular weight is 573 g/mol. The summed E-state index contributed by atoms with van der Waals surface area (Å²) in [6, 6.07) is 6.67. The zero-order valence-electron chi connectivity index (χ0n) is 25.0. The van der Waals surface area contributed by atoms with Crippen molar-refractivity contribution in [3.8, 4) is 5.75 Å². The SMILES string of the molecule is CCOCCCN(C(=O)COC1CC(C)CCC1C(C)C)C1C=C(C(=O)NCCO)C2c3ccccc3OC2C1O. The van der Waals surface area contributed by atoms with E-state index in [0.29, 0.717) is 55.3 Å². The highest BCUT2D eigenvalue weighted by Crippen LogP contribution is 2.47. The van der Waals surface area contributed by atoms with Crippen molar-refractivity contribution in [2.24, 2.45) is 17.8 Å². The summed E-state index contributed by atoms with van der Waals surface area (Å²) in [4.78, 5) is 28.8. The highest BCUT2D eigenvalue weighted by atomic mass is 16.5. The molecule has 1 saturated carbocycles. The van der Waals surface area contributed by atoms with Gasteiger partial charge in [0.15, 0.2) is 0 Å². The van der Waals surface area contributed by atoms with Gasteiger partial charge in [-0.05, 0) is 56.1 Å². The fourth-order valence-electron chi connectivity index (χ4n) is 6.68. The number of carbonyl (C=O) groups excluding carboxylic acids is 2. The molecule has 1 aromatic carbocycles. The fourth-order valence-corrected chi connectivity index (χ4v) is 6.68. The van der Waals surface area contributed by atoms with Crippen LogP contribution in [0, 0.1) is 17.8 Å². The van der Waals surface area contributed by atoms with Gasteiger partial charge in [-0.3, -0.25) is 9.59 Å². The number of benzene rings is 1. The first-order valence-electron chi connectivity index (χ1n) is 15.3. The van der Waals surface area contributed by atoms with Gasteiger partial charge in [0.2, 0.25) is 11.8 Å². The number of rotatable bonds is 13. The molecule has 0 radical (unpaired) electrons. The number of hydrogen-bond acceptors (Lipinski definition) is 7. The minimum Gasteiger partial charge on any atom is -0.486 e. The van der Waals surface area contributed by atoms with Gasteiger partial charge in [-0.1, -0.05) is 45.4 Å². The highest BCUT2D eigenvalue weighted by molar-refractivity contribution is 5.96. The summed E-state index contributed by atoms with van der Waals surface area (Å²) in [5, 5.41) is 23.7. The number of para-hydroxylation sites is 1. The van der Waals surface area contributed by atoms with Crippen molar-refractivity contribution in [2.75, 3.05) is 39.5 Å². The summed E-state index contributed by atoms with van der Waals surface area (Å²) in [5.41, 5.74) is 1.25. The third kappa shape index (κ3) is 7.31. The van der Waals surface area contributed by atoms with Gasteiger partial charge >= 0.3 is 0 Å². The van der Waals surface area contributed by atoms with E-state index in [1.54, 1.807) is 11.0 Å². The van der Waals surface area contributed by atoms with E-state index in [2.05, 4.69) is 26.1 Å². The molecule has 7 unspecified atom stereocenters. The van der Waals surface area contributed by atoms with Gasteiger partial charge in [-0.25, -0.2) is 0 Å². The van der Waals surface area contributed by atoms with Crippen LogP contribution in [0.2, 0.25) is 0 Å². The Morgan fingerprint density at radius 1 is 1.22 bits per heavy atom. The quantitative estimate of drug-likeness (QED) is 0.311. The Bertz CT molecular complexity index is 1060. The third-order valence-electron chi connectivity index (χ3n) is 8.83. The molecule has 3 aliphatic rings. The largest absolute Gasteiger partial charge is 0.486 e. The van der Waals surface area contributed by atoms with E-state index in [9.17, 15) is 19.8 Å². The number of aliphatic hydroxyl groups is 2. The first kappa shape index (κ1) is 31.5. The van der Waals surface area contributed by atoms with Gasteiger partial charge in [-0.15, -0.1) is 0 Å². The molecular formula is C32H48N2O7. The first-order valence-corrected chi connectivity index (χ1v) is 15.3. The van der Waals surface area contributed by atoms with Crippen LogP contribution in [0.5, 0.6) is 5.75 Å². The lowest BCUT2D eigenvalue weighted by molar-refractivity contribution is -0.147. The van der Waals surface area contributed by atoms with Crippen LogP contribution >= 0.6 is 0 Å². The number of nitrogens with one attached hydrogen (secondary N) is 1. The molecule has 41 heavy (non-hydrogen) atoms. The van der Waals surface area contributed by atoms with Gasteiger partial charge in [0.05, 0.1) is 24.7 Å². The lowest BCUT2D eigenvalue weighted by atomic mass is 9.75. The van der Waals surface area contributed by atoms with Crippen molar-refractivity contribution in [1.82, 2.24) is 10.2 Å². The van der Waals surface area contributed by atoms with E-state index >= 15 is 0 Å². The Morgan fingerprint density at radius 2 is 2.00 bits per heavy atom. The van der Waals surface area contributed by atoms with E-state index < -0.39 is 24.2 Å². The van der Waals surface area contributed by atoms with Crippen molar-refractivity contribution in [3.05, 3.63) is 41.5 Å². The molecule has 0 bridgehead atoms. The Balaban J connectivity index is 1.60. The van der Waals surface area contributed by atoms with Crippen LogP contribution in [-0.2, 0) is 19.1 Å². The Morgan fingerprint density at radius 3 is 2.73 bits per heavy atom. The van der Waals surface area contributed by atoms with E-state index in [-0.39, 0.29) is 37.7 Å². The number of amides is 2. The molecule has 1 fully saturated rings. The molecule has 0 saturated heterocycles. The van der Waals surface area contributed by atoms with Crippen LogP contribution in [-0.4, -0.2) is 90.8 Å². The lowest BCUT2D eigenvalue weighted by Gasteiger charge is -2.41. The second kappa shape index (κ2) is 14.6. The van der Waals surface area contributed by atoms with Crippen LogP contribution in [0.25, 0.3) is 0 Å². The zero-order chi connectivity index (χ0) is 29.5. The molecule has 2 aliphatic carbocycles. The Hall–Kier alpha value is -2.46. The van der Waals surface area contributed by atoms with E-state index in [1.807, 2.05) is 31.2 Å². The van der Waals surface area contributed by atoms with E-state index in [0.717, 1.165) is 18.4 Å². The first-order chi connectivity index (χ1) is 19.8. The van der Waals surface area contributed by atoms with Gasteiger partial charge in [-0.2, -0.15) is 0 Å². The topological polar surface area (TPSA) is 118 Å². The predicted molar refractivity (Wildman–Crippen MR) is 155 cm³/mol. The van der Waals surface area contributed by atoms with Crippen molar-refractivity contribution in [1.29, 1.82) is 0 Å². The summed E-state index contributed by atoms with van der Waals surface area (Å²) in [6.45, 7) is 9.78. The van der Waals surface area contributed by atoms with E-state index in [1.165, 1.54) is 6.42 Å². The third-order valence-corrected chi connectivity index (χ3v) is 8.83. The van der Waals surface area contributed by atoms with Crippen LogP contribution in [0.4, 0.5) is 0 Å². The summed E-state index contributed by atoms with van der Waals surface area (Å²) >= 11 is 0. The average Bonchev–Trinajstić information content (AvgIpc) is 3.35. The molecule has 7 atom stereocenters. The predicted octanol–water partition coefficient (Wildman–Crippen LogP) is 3.04. The molecule has 228 valence electrons. The van der Waals surface area contributed by atoms with E-state index in [4.69, 9.17) is 14.2 Å². The molecular weight excluding hydrogens is 524 g/mol. The zero-order valence-corrected chi connectivity index (χ0v) is 25.0. The van der Waals surface area contributed by atoms with Gasteiger partial charge < -0.3 is 34.6 Å². The maximum Gasteiger partial charge on any atom is 0.249 e. The molecule has 1 aliphatic heterocycles. The van der Waals surface area contributed by atoms with Crippen LogP contribution in [0.1, 0.15) is 64.9 Å². The summed E-state index contributed by atoms with van der Waals surface area (Å²) in [7, 11) is 0. The molecule has 1 aromatic rings. The molecule has 0 spiro atoms. The fraction of sp³-hybridized carbons (Fsp3) is 0.688. The minimum absolute atomic E-state index is 0.0108. The second-order valence-electron chi connectivity index (χ2n) is 12.0. The van der Waals surface area contributed by atoms with Gasteiger partial charge in [0.1, 0.15) is 24.6 Å². The number of hydrogen-bond donors (Lipinski definition) is 3. The van der Waals surface area contributed by atoms with Crippen LogP contribution in [0.3, 0.4) is 0 Å². The summed E-state index contributed by atoms with van der Waals surface area (Å²) < 4.78 is 18.1. The molecule has 1 heterocycles. The van der Waals surface area contributed by atoms with Crippen molar-refractivity contribution < 1.29 is 34.0 Å². The minimum atomic E-state index is -1.06. The summed E-state index contributed by atoms with van der Waals surface area (Å²) in [6.07, 6.45) is 3.70. The van der Waals surface area contributed by atoms with Gasteiger partial charge in [0.25, 0.3) is 0 Å². The second-order valence-corrected chi connectivity index (χ2v) is 12.0. The number of fused-ring (bicyclic) bond motifs is 3. The molecule has 4 rings (SSSR count). The van der Waals surface area contributed by atoms with Crippen molar-refractivity contribution >= 4 is 11.8 Å². The number of aliphatic hydroxyl groups excluding tert-OH is 2. The Labute approximate surface area is 244 Å². The molecule has 3 N–H and O–H groups in total. The van der Waals surface area contributed by atoms with Crippen LogP contribution in [0.15, 0.2) is 35.9 Å². The van der Waals surface area contributed by atoms with Crippen molar-refractivity contribution in [3.63, 3.8) is 0 Å².